The molecule has 3 N–H and O–H groups in total. The molecule has 0 saturated carbocycles. The number of primary amides is 1. The Morgan fingerprint density at radius 1 is 1.38 bits per heavy atom. The van der Waals surface area contributed by atoms with Crippen molar-refractivity contribution in [2.75, 3.05) is 7.05 Å². The van der Waals surface area contributed by atoms with Gasteiger partial charge in [0, 0.05) is 11.0 Å². The van der Waals surface area contributed by atoms with Gasteiger partial charge in [0.2, 0.25) is 5.91 Å². The van der Waals surface area contributed by atoms with Crippen molar-refractivity contribution in [3.63, 3.8) is 0 Å². The summed E-state index contributed by atoms with van der Waals surface area (Å²) in [6, 6.07) is 0. The summed E-state index contributed by atoms with van der Waals surface area (Å²) in [5.41, 5.74) is 4.88. The number of carbonyl (C=O) groups is 1. The maximum absolute atomic E-state index is 11.1. The molecule has 0 aromatic rings. The van der Waals surface area contributed by atoms with Crippen LogP contribution in [0.15, 0.2) is 0 Å². The monoisotopic (exact) mass is 186 g/mol. The van der Waals surface area contributed by atoms with Crippen molar-refractivity contribution in [2.45, 2.75) is 46.1 Å². The SMILES string of the molecule is CCC(C)(CC(C)(C)C(N)=O)NC. The Kier molecular flexibility index (Phi) is 3.91. The van der Waals surface area contributed by atoms with Gasteiger partial charge in [-0.05, 0) is 26.8 Å². The maximum atomic E-state index is 11.1. The summed E-state index contributed by atoms with van der Waals surface area (Å²) < 4.78 is 0. The van der Waals surface area contributed by atoms with Gasteiger partial charge in [-0.1, -0.05) is 20.8 Å². The summed E-state index contributed by atoms with van der Waals surface area (Å²) in [7, 11) is 1.92. The van der Waals surface area contributed by atoms with Gasteiger partial charge >= 0.3 is 0 Å². The first kappa shape index (κ1) is 12.4. The van der Waals surface area contributed by atoms with Crippen LogP contribution in [0, 0.1) is 5.41 Å². The number of hydrogen-bond donors (Lipinski definition) is 2. The van der Waals surface area contributed by atoms with E-state index in [1.54, 1.807) is 0 Å². The van der Waals surface area contributed by atoms with Gasteiger partial charge in [0.1, 0.15) is 0 Å². The fraction of sp³-hybridized carbons (Fsp3) is 0.900. The highest BCUT2D eigenvalue weighted by molar-refractivity contribution is 5.80. The molecule has 0 rings (SSSR count). The van der Waals surface area contributed by atoms with E-state index in [1.807, 2.05) is 20.9 Å². The molecule has 0 radical (unpaired) electrons. The molecular weight excluding hydrogens is 164 g/mol. The molecule has 3 nitrogen and oxygen atoms in total. The minimum atomic E-state index is -0.437. The van der Waals surface area contributed by atoms with Gasteiger partial charge in [0.05, 0.1) is 0 Å². The molecule has 0 fully saturated rings. The summed E-state index contributed by atoms with van der Waals surface area (Å²) in [4.78, 5) is 11.1. The van der Waals surface area contributed by atoms with Crippen molar-refractivity contribution in [1.29, 1.82) is 0 Å². The molecule has 0 heterocycles. The number of carbonyl (C=O) groups excluding carboxylic acids is 1. The second kappa shape index (κ2) is 4.09. The van der Waals surface area contributed by atoms with Crippen molar-refractivity contribution in [3.8, 4) is 0 Å². The molecule has 0 saturated heterocycles. The fourth-order valence-corrected chi connectivity index (χ4v) is 1.45. The lowest BCUT2D eigenvalue weighted by Crippen LogP contribution is -2.46. The summed E-state index contributed by atoms with van der Waals surface area (Å²) in [6.07, 6.45) is 1.75. The van der Waals surface area contributed by atoms with E-state index in [0.717, 1.165) is 12.8 Å². The average Bonchev–Trinajstić information content (AvgIpc) is 2.03. The zero-order valence-corrected chi connectivity index (χ0v) is 9.40. The summed E-state index contributed by atoms with van der Waals surface area (Å²) in [5, 5.41) is 3.23. The highest BCUT2D eigenvalue weighted by Gasteiger charge is 2.33. The van der Waals surface area contributed by atoms with Gasteiger partial charge in [-0.3, -0.25) is 4.79 Å². The lowest BCUT2D eigenvalue weighted by atomic mass is 9.77. The van der Waals surface area contributed by atoms with E-state index in [2.05, 4.69) is 19.2 Å². The molecule has 78 valence electrons. The zero-order chi connectivity index (χ0) is 10.7. The zero-order valence-electron chi connectivity index (χ0n) is 9.40. The Bertz CT molecular complexity index is 183. The second-order valence-electron chi connectivity index (χ2n) is 4.59. The molecule has 0 bridgehead atoms. The molecule has 0 aliphatic heterocycles. The van der Waals surface area contributed by atoms with Gasteiger partial charge in [0.15, 0.2) is 0 Å². The van der Waals surface area contributed by atoms with Crippen LogP contribution in [0.2, 0.25) is 0 Å². The molecule has 0 spiro atoms. The number of amides is 1. The predicted molar refractivity (Wildman–Crippen MR) is 55.3 cm³/mol. The van der Waals surface area contributed by atoms with Crippen LogP contribution in [0.3, 0.4) is 0 Å². The van der Waals surface area contributed by atoms with Crippen molar-refractivity contribution < 1.29 is 4.79 Å². The van der Waals surface area contributed by atoms with Crippen LogP contribution in [-0.4, -0.2) is 18.5 Å². The van der Waals surface area contributed by atoms with Gasteiger partial charge in [-0.2, -0.15) is 0 Å². The van der Waals surface area contributed by atoms with E-state index in [4.69, 9.17) is 5.73 Å². The highest BCUT2D eigenvalue weighted by atomic mass is 16.1. The largest absolute Gasteiger partial charge is 0.369 e. The van der Waals surface area contributed by atoms with Crippen molar-refractivity contribution >= 4 is 5.91 Å². The van der Waals surface area contributed by atoms with Crippen LogP contribution < -0.4 is 11.1 Å². The molecule has 0 aromatic heterocycles. The van der Waals surface area contributed by atoms with E-state index in [1.165, 1.54) is 0 Å². The predicted octanol–water partition coefficient (Wildman–Crippen LogP) is 1.28. The molecular formula is C10H22N2O. The topological polar surface area (TPSA) is 55.1 Å². The fourth-order valence-electron chi connectivity index (χ4n) is 1.45. The minimum absolute atomic E-state index is 0.00146. The molecule has 13 heavy (non-hydrogen) atoms. The maximum Gasteiger partial charge on any atom is 0.223 e. The van der Waals surface area contributed by atoms with Crippen molar-refractivity contribution in [3.05, 3.63) is 0 Å². The molecule has 0 aromatic carbocycles. The van der Waals surface area contributed by atoms with Gasteiger partial charge < -0.3 is 11.1 Å². The quantitative estimate of drug-likeness (QED) is 0.679. The third kappa shape index (κ3) is 3.35. The first-order chi connectivity index (χ1) is 5.77. The Hall–Kier alpha value is -0.570. The lowest BCUT2D eigenvalue weighted by molar-refractivity contribution is -0.127. The van der Waals surface area contributed by atoms with E-state index in [-0.39, 0.29) is 11.4 Å². The van der Waals surface area contributed by atoms with Crippen LogP contribution >= 0.6 is 0 Å². The van der Waals surface area contributed by atoms with Crippen molar-refractivity contribution in [1.82, 2.24) is 5.32 Å². The summed E-state index contributed by atoms with van der Waals surface area (Å²) in [5.74, 6) is -0.234. The van der Waals surface area contributed by atoms with Gasteiger partial charge in [-0.25, -0.2) is 0 Å². The molecule has 1 amide bonds. The Labute approximate surface area is 81.1 Å². The first-order valence-electron chi connectivity index (χ1n) is 4.76. The average molecular weight is 186 g/mol. The molecule has 1 unspecified atom stereocenters. The van der Waals surface area contributed by atoms with Gasteiger partial charge in [-0.15, -0.1) is 0 Å². The van der Waals surface area contributed by atoms with Crippen LogP contribution in [0.5, 0.6) is 0 Å². The number of hydrogen-bond acceptors (Lipinski definition) is 2. The summed E-state index contributed by atoms with van der Waals surface area (Å²) in [6.45, 7) is 7.99. The smallest absolute Gasteiger partial charge is 0.223 e. The van der Waals surface area contributed by atoms with Crippen LogP contribution in [0.1, 0.15) is 40.5 Å². The molecule has 1 atom stereocenters. The Morgan fingerprint density at radius 2 is 1.85 bits per heavy atom. The minimum Gasteiger partial charge on any atom is -0.369 e. The lowest BCUT2D eigenvalue weighted by Gasteiger charge is -2.35. The molecule has 0 aliphatic rings. The molecule has 3 heteroatoms. The van der Waals surface area contributed by atoms with E-state index in [0.29, 0.717) is 0 Å². The van der Waals surface area contributed by atoms with Crippen molar-refractivity contribution in [2.24, 2.45) is 11.1 Å². The van der Waals surface area contributed by atoms with Crippen LogP contribution in [-0.2, 0) is 4.79 Å². The number of rotatable bonds is 5. The van der Waals surface area contributed by atoms with Gasteiger partial charge in [0.25, 0.3) is 0 Å². The standard InChI is InChI=1S/C10H22N2O/c1-6-10(4,12-5)7-9(2,3)8(11)13/h12H,6-7H2,1-5H3,(H2,11,13). The Morgan fingerprint density at radius 3 is 2.08 bits per heavy atom. The number of nitrogens with two attached hydrogens (primary N) is 1. The van der Waals surface area contributed by atoms with Crippen LogP contribution in [0.4, 0.5) is 0 Å². The highest BCUT2D eigenvalue weighted by Crippen LogP contribution is 2.29. The first-order valence-corrected chi connectivity index (χ1v) is 4.76. The molecule has 0 aliphatic carbocycles. The summed E-state index contributed by atoms with van der Waals surface area (Å²) >= 11 is 0. The second-order valence-corrected chi connectivity index (χ2v) is 4.59. The van der Waals surface area contributed by atoms with E-state index < -0.39 is 5.41 Å². The normalized spacial score (nSPS) is 16.7. The third-order valence-corrected chi connectivity index (χ3v) is 2.88. The van der Waals surface area contributed by atoms with E-state index in [9.17, 15) is 4.79 Å². The third-order valence-electron chi connectivity index (χ3n) is 2.88. The van der Waals surface area contributed by atoms with E-state index >= 15 is 0 Å². The number of nitrogens with one attached hydrogen (secondary N) is 1. The van der Waals surface area contributed by atoms with Crippen LogP contribution in [0.25, 0.3) is 0 Å². The Balaban J connectivity index is 4.48.